The molecular weight excluding hydrogens is 214 g/mol. The SMILES string of the molecule is CCOC(=O)C1C(C)CC=CN(C)C1Cl. The Morgan fingerprint density at radius 1 is 1.67 bits per heavy atom. The molecule has 0 saturated carbocycles. The van der Waals surface area contributed by atoms with Gasteiger partial charge in [-0.1, -0.05) is 24.6 Å². The molecule has 3 nitrogen and oxygen atoms in total. The summed E-state index contributed by atoms with van der Waals surface area (Å²) in [5.41, 5.74) is -0.321. The molecule has 3 atom stereocenters. The first-order valence-corrected chi connectivity index (χ1v) is 5.70. The van der Waals surface area contributed by atoms with Crippen LogP contribution in [0.15, 0.2) is 12.3 Å². The van der Waals surface area contributed by atoms with E-state index in [9.17, 15) is 4.79 Å². The molecule has 0 aromatic rings. The van der Waals surface area contributed by atoms with Crippen molar-refractivity contribution < 1.29 is 9.53 Å². The molecule has 0 aliphatic carbocycles. The second-order valence-corrected chi connectivity index (χ2v) is 4.36. The summed E-state index contributed by atoms with van der Waals surface area (Å²) in [6.45, 7) is 4.24. The second-order valence-electron chi connectivity index (χ2n) is 3.91. The van der Waals surface area contributed by atoms with Crippen LogP contribution in [-0.2, 0) is 9.53 Å². The van der Waals surface area contributed by atoms with Crippen LogP contribution in [-0.4, -0.2) is 30.0 Å². The first-order valence-electron chi connectivity index (χ1n) is 5.27. The predicted octanol–water partition coefficient (Wildman–Crippen LogP) is 2.22. The highest BCUT2D eigenvalue weighted by Crippen LogP contribution is 2.29. The fraction of sp³-hybridized carbons (Fsp3) is 0.727. The van der Waals surface area contributed by atoms with E-state index in [1.807, 2.05) is 38.1 Å². The van der Waals surface area contributed by atoms with E-state index in [1.165, 1.54) is 0 Å². The maximum atomic E-state index is 11.8. The number of hydrogen-bond acceptors (Lipinski definition) is 3. The zero-order valence-corrected chi connectivity index (χ0v) is 10.2. The number of esters is 1. The maximum Gasteiger partial charge on any atom is 0.312 e. The molecular formula is C11H18ClNO2. The number of hydrogen-bond donors (Lipinski definition) is 0. The summed E-state index contributed by atoms with van der Waals surface area (Å²) in [6, 6.07) is 0. The lowest BCUT2D eigenvalue weighted by Gasteiger charge is -2.28. The van der Waals surface area contributed by atoms with Crippen molar-refractivity contribution >= 4 is 17.6 Å². The van der Waals surface area contributed by atoms with Crippen molar-refractivity contribution in [2.75, 3.05) is 13.7 Å². The Balaban J connectivity index is 2.78. The summed E-state index contributed by atoms with van der Waals surface area (Å²) in [6.07, 6.45) is 4.82. The van der Waals surface area contributed by atoms with Gasteiger partial charge in [-0.15, -0.1) is 0 Å². The first-order chi connectivity index (χ1) is 7.07. The van der Waals surface area contributed by atoms with Crippen LogP contribution in [0, 0.1) is 11.8 Å². The lowest BCUT2D eigenvalue weighted by atomic mass is 9.91. The largest absolute Gasteiger partial charge is 0.466 e. The molecule has 0 fully saturated rings. The van der Waals surface area contributed by atoms with Crippen molar-refractivity contribution in [2.45, 2.75) is 25.8 Å². The lowest BCUT2D eigenvalue weighted by Crippen LogP contribution is -2.38. The van der Waals surface area contributed by atoms with Crippen molar-refractivity contribution in [1.29, 1.82) is 0 Å². The van der Waals surface area contributed by atoms with Gasteiger partial charge in [0.25, 0.3) is 0 Å². The number of carbonyl (C=O) groups excluding carboxylic acids is 1. The van der Waals surface area contributed by atoms with Crippen molar-refractivity contribution in [2.24, 2.45) is 11.8 Å². The Hall–Kier alpha value is -0.700. The predicted molar refractivity (Wildman–Crippen MR) is 60.4 cm³/mol. The fourth-order valence-corrected chi connectivity index (χ4v) is 2.19. The van der Waals surface area contributed by atoms with Gasteiger partial charge >= 0.3 is 5.97 Å². The molecule has 4 heteroatoms. The molecule has 0 bridgehead atoms. The first kappa shape index (κ1) is 12.4. The average molecular weight is 232 g/mol. The molecule has 0 saturated heterocycles. The van der Waals surface area contributed by atoms with E-state index in [2.05, 4.69) is 0 Å². The Kier molecular flexibility index (Phi) is 4.45. The molecule has 1 heterocycles. The van der Waals surface area contributed by atoms with Crippen molar-refractivity contribution in [1.82, 2.24) is 4.90 Å². The van der Waals surface area contributed by atoms with E-state index >= 15 is 0 Å². The standard InChI is InChI=1S/C11H18ClNO2/c1-4-15-11(14)9-8(2)6-5-7-13(3)10(9)12/h5,7-10H,4,6H2,1-3H3. The van der Waals surface area contributed by atoms with Crippen LogP contribution < -0.4 is 0 Å². The third-order valence-corrected chi connectivity index (χ3v) is 3.28. The number of halogens is 1. The van der Waals surface area contributed by atoms with Crippen molar-refractivity contribution in [3.8, 4) is 0 Å². The summed E-state index contributed by atoms with van der Waals surface area (Å²) in [4.78, 5) is 13.6. The Labute approximate surface area is 96.0 Å². The highest BCUT2D eigenvalue weighted by atomic mass is 35.5. The van der Waals surface area contributed by atoms with E-state index in [0.29, 0.717) is 6.61 Å². The second kappa shape index (κ2) is 5.40. The third-order valence-electron chi connectivity index (χ3n) is 2.71. The van der Waals surface area contributed by atoms with Crippen LogP contribution in [0.25, 0.3) is 0 Å². The molecule has 1 rings (SSSR count). The zero-order chi connectivity index (χ0) is 11.4. The van der Waals surface area contributed by atoms with Gasteiger partial charge in [-0.05, 0) is 25.5 Å². The average Bonchev–Trinajstić information content (AvgIpc) is 2.28. The third kappa shape index (κ3) is 2.88. The Morgan fingerprint density at radius 3 is 2.93 bits per heavy atom. The van der Waals surface area contributed by atoms with E-state index < -0.39 is 0 Å². The van der Waals surface area contributed by atoms with Gasteiger partial charge in [0, 0.05) is 7.05 Å². The molecule has 86 valence electrons. The minimum absolute atomic E-state index is 0.194. The normalized spacial score (nSPS) is 31.2. The highest BCUT2D eigenvalue weighted by molar-refractivity contribution is 6.21. The minimum atomic E-state index is -0.321. The molecule has 3 unspecified atom stereocenters. The number of allylic oxidation sites excluding steroid dienone is 1. The fourth-order valence-electron chi connectivity index (χ4n) is 1.78. The number of nitrogens with zero attached hydrogens (tertiary/aromatic N) is 1. The highest BCUT2D eigenvalue weighted by Gasteiger charge is 2.35. The van der Waals surface area contributed by atoms with E-state index in [4.69, 9.17) is 16.3 Å². The van der Waals surface area contributed by atoms with E-state index in [1.54, 1.807) is 0 Å². The van der Waals surface area contributed by atoms with Gasteiger partial charge in [-0.3, -0.25) is 4.79 Å². The molecule has 1 aliphatic heterocycles. The van der Waals surface area contributed by atoms with Crippen LogP contribution in [0.5, 0.6) is 0 Å². The molecule has 15 heavy (non-hydrogen) atoms. The summed E-state index contributed by atoms with van der Waals surface area (Å²) in [5.74, 6) is -0.236. The van der Waals surface area contributed by atoms with Gasteiger partial charge in [0.2, 0.25) is 0 Å². The van der Waals surface area contributed by atoms with Gasteiger partial charge in [0.05, 0.1) is 12.5 Å². The van der Waals surface area contributed by atoms with Crippen LogP contribution in [0.1, 0.15) is 20.3 Å². The number of alkyl halides is 1. The molecule has 0 spiro atoms. The van der Waals surface area contributed by atoms with E-state index in [0.717, 1.165) is 6.42 Å². The van der Waals surface area contributed by atoms with Crippen LogP contribution in [0.3, 0.4) is 0 Å². The summed E-state index contributed by atoms with van der Waals surface area (Å²) in [7, 11) is 1.87. The van der Waals surface area contributed by atoms with Gasteiger partial charge in [-0.2, -0.15) is 0 Å². The Morgan fingerprint density at radius 2 is 2.33 bits per heavy atom. The quantitative estimate of drug-likeness (QED) is 0.415. The lowest BCUT2D eigenvalue weighted by molar-refractivity contribution is -0.150. The van der Waals surface area contributed by atoms with Crippen LogP contribution >= 0.6 is 11.6 Å². The Bertz CT molecular complexity index is 255. The monoisotopic (exact) mass is 231 g/mol. The summed E-state index contributed by atoms with van der Waals surface area (Å²) in [5, 5.41) is 0. The number of rotatable bonds is 2. The smallest absolute Gasteiger partial charge is 0.312 e. The van der Waals surface area contributed by atoms with E-state index in [-0.39, 0.29) is 23.3 Å². The molecule has 0 aromatic heterocycles. The molecule has 0 N–H and O–H groups in total. The molecule has 0 radical (unpaired) electrons. The van der Waals surface area contributed by atoms with Gasteiger partial charge < -0.3 is 9.64 Å². The van der Waals surface area contributed by atoms with Gasteiger partial charge in [0.15, 0.2) is 0 Å². The number of carbonyl (C=O) groups is 1. The van der Waals surface area contributed by atoms with Crippen LogP contribution in [0.2, 0.25) is 0 Å². The minimum Gasteiger partial charge on any atom is -0.466 e. The van der Waals surface area contributed by atoms with Crippen molar-refractivity contribution in [3.63, 3.8) is 0 Å². The van der Waals surface area contributed by atoms with Crippen LogP contribution in [0.4, 0.5) is 0 Å². The number of ether oxygens (including phenoxy) is 1. The maximum absolute atomic E-state index is 11.8. The molecule has 0 amide bonds. The van der Waals surface area contributed by atoms with Gasteiger partial charge in [0.1, 0.15) is 5.50 Å². The zero-order valence-electron chi connectivity index (χ0n) is 9.44. The topological polar surface area (TPSA) is 29.5 Å². The molecule has 0 aromatic carbocycles. The van der Waals surface area contributed by atoms with Gasteiger partial charge in [-0.25, -0.2) is 0 Å². The molecule has 1 aliphatic rings. The summed E-state index contributed by atoms with van der Waals surface area (Å²) >= 11 is 6.24. The van der Waals surface area contributed by atoms with Crippen molar-refractivity contribution in [3.05, 3.63) is 12.3 Å². The summed E-state index contributed by atoms with van der Waals surface area (Å²) < 4.78 is 5.05.